The number of fused-ring (bicyclic) bond motifs is 2. The van der Waals surface area contributed by atoms with Gasteiger partial charge in [0.05, 0.1) is 0 Å². The second-order valence-electron chi connectivity index (χ2n) is 4.88. The predicted molar refractivity (Wildman–Crippen MR) is 62.1 cm³/mol. The molecule has 0 heteroatoms. The number of hydrogen-bond donors (Lipinski definition) is 0. The van der Waals surface area contributed by atoms with Crippen molar-refractivity contribution in [1.82, 2.24) is 0 Å². The summed E-state index contributed by atoms with van der Waals surface area (Å²) in [5.41, 5.74) is 0. The third kappa shape index (κ3) is 2.29. The maximum Gasteiger partial charge on any atom is -0.0199 e. The van der Waals surface area contributed by atoms with E-state index in [-0.39, 0.29) is 0 Å². The van der Waals surface area contributed by atoms with E-state index in [1.807, 2.05) is 0 Å². The first-order valence-electron chi connectivity index (χ1n) is 6.23. The zero-order valence-corrected chi connectivity index (χ0v) is 9.28. The van der Waals surface area contributed by atoms with E-state index in [1.165, 1.54) is 38.5 Å². The van der Waals surface area contributed by atoms with Crippen LogP contribution in [0, 0.1) is 17.8 Å². The van der Waals surface area contributed by atoms with E-state index < -0.39 is 0 Å². The van der Waals surface area contributed by atoms with E-state index in [0.717, 1.165) is 17.8 Å². The van der Waals surface area contributed by atoms with Gasteiger partial charge in [0.1, 0.15) is 0 Å². The topological polar surface area (TPSA) is 0 Å². The van der Waals surface area contributed by atoms with Gasteiger partial charge in [0, 0.05) is 0 Å². The van der Waals surface area contributed by atoms with Gasteiger partial charge in [0.25, 0.3) is 0 Å². The van der Waals surface area contributed by atoms with Crippen molar-refractivity contribution in [3.8, 4) is 0 Å². The molecule has 0 saturated heterocycles. The summed E-state index contributed by atoms with van der Waals surface area (Å²) >= 11 is 0. The first kappa shape index (κ1) is 10.0. The highest BCUT2D eigenvalue weighted by Gasteiger charge is 2.34. The Kier molecular flexibility index (Phi) is 3.44. The van der Waals surface area contributed by atoms with Gasteiger partial charge < -0.3 is 0 Å². The fraction of sp³-hybridized carbons (Fsp3) is 0.714. The Labute approximate surface area is 88.1 Å². The average molecular weight is 190 g/mol. The molecule has 2 aliphatic rings. The van der Waals surface area contributed by atoms with Crippen LogP contribution in [0.25, 0.3) is 0 Å². The average Bonchev–Trinajstić information content (AvgIpc) is 2.79. The van der Waals surface area contributed by atoms with E-state index in [9.17, 15) is 0 Å². The zero-order chi connectivity index (χ0) is 9.80. The van der Waals surface area contributed by atoms with Gasteiger partial charge in [-0.05, 0) is 49.9 Å². The molecule has 0 aromatic carbocycles. The molecule has 0 nitrogen and oxygen atoms in total. The Balaban J connectivity index is 1.65. The van der Waals surface area contributed by atoms with Crippen LogP contribution in [0.15, 0.2) is 24.3 Å². The van der Waals surface area contributed by atoms with Crippen molar-refractivity contribution in [1.29, 1.82) is 0 Å². The van der Waals surface area contributed by atoms with Crippen LogP contribution < -0.4 is 0 Å². The lowest BCUT2D eigenvalue weighted by Crippen LogP contribution is -2.05. The molecule has 0 aliphatic heterocycles. The third-order valence-electron chi connectivity index (χ3n) is 3.74. The van der Waals surface area contributed by atoms with Gasteiger partial charge in [-0.2, -0.15) is 0 Å². The Morgan fingerprint density at radius 1 is 1.14 bits per heavy atom. The molecule has 14 heavy (non-hydrogen) atoms. The largest absolute Gasteiger partial charge is 0.0885 e. The highest BCUT2D eigenvalue weighted by atomic mass is 14.4. The van der Waals surface area contributed by atoms with Gasteiger partial charge in [-0.3, -0.25) is 0 Å². The van der Waals surface area contributed by atoms with Crippen LogP contribution in [-0.4, -0.2) is 0 Å². The zero-order valence-electron chi connectivity index (χ0n) is 9.28. The monoisotopic (exact) mass is 190 g/mol. The van der Waals surface area contributed by atoms with Gasteiger partial charge in [0.2, 0.25) is 0 Å². The minimum Gasteiger partial charge on any atom is -0.0885 e. The number of rotatable bonds is 5. The molecule has 0 radical (unpaired) electrons. The van der Waals surface area contributed by atoms with Crippen LogP contribution in [0.1, 0.15) is 45.4 Å². The quantitative estimate of drug-likeness (QED) is 0.566. The summed E-state index contributed by atoms with van der Waals surface area (Å²) in [7, 11) is 0. The SMILES string of the molecule is CCCC=CCCC1CC2C=CC1C2. The lowest BCUT2D eigenvalue weighted by Gasteiger charge is -2.16. The summed E-state index contributed by atoms with van der Waals surface area (Å²) in [5, 5.41) is 0. The normalized spacial score (nSPS) is 34.8. The Morgan fingerprint density at radius 3 is 2.64 bits per heavy atom. The Bertz CT molecular complexity index is 224. The summed E-state index contributed by atoms with van der Waals surface area (Å²) in [5.74, 6) is 2.90. The van der Waals surface area contributed by atoms with E-state index in [1.54, 1.807) is 0 Å². The maximum atomic E-state index is 2.47. The molecule has 0 aromatic heterocycles. The number of unbranched alkanes of at least 4 members (excludes halogenated alkanes) is 1. The van der Waals surface area contributed by atoms with Crippen LogP contribution >= 0.6 is 0 Å². The standard InChI is InChI=1S/C14H22/c1-2-3-4-5-6-7-13-10-12-8-9-14(13)11-12/h4-5,8-9,12-14H,2-3,6-7,10-11H2,1H3. The molecular weight excluding hydrogens is 168 g/mol. The van der Waals surface area contributed by atoms with Crippen molar-refractivity contribution in [2.45, 2.75) is 45.4 Å². The lowest BCUT2D eigenvalue weighted by atomic mass is 9.89. The van der Waals surface area contributed by atoms with Crippen molar-refractivity contribution < 1.29 is 0 Å². The molecule has 0 amide bonds. The fourth-order valence-corrected chi connectivity index (χ4v) is 2.94. The Hall–Kier alpha value is -0.520. The first-order chi connectivity index (χ1) is 6.90. The van der Waals surface area contributed by atoms with Crippen LogP contribution in [-0.2, 0) is 0 Å². The minimum absolute atomic E-state index is 0.944. The van der Waals surface area contributed by atoms with Crippen molar-refractivity contribution in [2.24, 2.45) is 17.8 Å². The van der Waals surface area contributed by atoms with Crippen LogP contribution in [0.5, 0.6) is 0 Å². The molecule has 0 heterocycles. The lowest BCUT2D eigenvalue weighted by molar-refractivity contribution is 0.419. The molecule has 0 N–H and O–H groups in total. The number of hydrogen-bond acceptors (Lipinski definition) is 0. The van der Waals surface area contributed by atoms with E-state index in [4.69, 9.17) is 0 Å². The van der Waals surface area contributed by atoms with E-state index in [2.05, 4.69) is 31.2 Å². The van der Waals surface area contributed by atoms with Gasteiger partial charge in [0.15, 0.2) is 0 Å². The van der Waals surface area contributed by atoms with Crippen molar-refractivity contribution in [3.05, 3.63) is 24.3 Å². The second-order valence-corrected chi connectivity index (χ2v) is 4.88. The summed E-state index contributed by atoms with van der Waals surface area (Å²) in [6, 6.07) is 0. The van der Waals surface area contributed by atoms with Crippen molar-refractivity contribution in [3.63, 3.8) is 0 Å². The highest BCUT2D eigenvalue weighted by molar-refractivity contribution is 5.10. The molecule has 2 bridgehead atoms. The van der Waals surface area contributed by atoms with Crippen LogP contribution in [0.4, 0.5) is 0 Å². The maximum absolute atomic E-state index is 2.47. The van der Waals surface area contributed by atoms with Gasteiger partial charge in [-0.1, -0.05) is 37.6 Å². The Morgan fingerprint density at radius 2 is 2.00 bits per heavy atom. The molecule has 0 aromatic rings. The molecule has 2 rings (SSSR count). The smallest absolute Gasteiger partial charge is 0.0199 e. The fourth-order valence-electron chi connectivity index (χ4n) is 2.94. The van der Waals surface area contributed by atoms with Crippen LogP contribution in [0.3, 0.4) is 0 Å². The molecule has 0 spiro atoms. The molecule has 2 aliphatic carbocycles. The molecule has 3 atom stereocenters. The second kappa shape index (κ2) is 4.82. The van der Waals surface area contributed by atoms with Crippen LogP contribution in [0.2, 0.25) is 0 Å². The summed E-state index contributed by atoms with van der Waals surface area (Å²) in [6.07, 6.45) is 17.9. The molecule has 1 fully saturated rings. The third-order valence-corrected chi connectivity index (χ3v) is 3.74. The molecule has 78 valence electrons. The molecular formula is C14H22. The molecule has 3 unspecified atom stereocenters. The van der Waals surface area contributed by atoms with Gasteiger partial charge >= 0.3 is 0 Å². The van der Waals surface area contributed by atoms with E-state index in [0.29, 0.717) is 0 Å². The van der Waals surface area contributed by atoms with Crippen molar-refractivity contribution in [2.75, 3.05) is 0 Å². The summed E-state index contributed by atoms with van der Waals surface area (Å²) < 4.78 is 0. The van der Waals surface area contributed by atoms with Crippen molar-refractivity contribution >= 4 is 0 Å². The molecule has 1 saturated carbocycles. The highest BCUT2D eigenvalue weighted by Crippen LogP contribution is 2.45. The van der Waals surface area contributed by atoms with Gasteiger partial charge in [-0.25, -0.2) is 0 Å². The first-order valence-corrected chi connectivity index (χ1v) is 6.23. The van der Waals surface area contributed by atoms with Gasteiger partial charge in [-0.15, -0.1) is 0 Å². The summed E-state index contributed by atoms with van der Waals surface area (Å²) in [4.78, 5) is 0. The summed E-state index contributed by atoms with van der Waals surface area (Å²) in [6.45, 7) is 2.24. The predicted octanol–water partition coefficient (Wildman–Crippen LogP) is 4.34. The number of allylic oxidation sites excluding steroid dienone is 4. The minimum atomic E-state index is 0.944. The van der Waals surface area contributed by atoms with E-state index >= 15 is 0 Å².